The standard InChI is InChI=1S/C14H24N4O/c1-5-19-12-10-11(2)16-13(17-12)18-8-6-14(3,15-4)7-9-18/h10,15H,5-9H2,1-4H3. The predicted octanol–water partition coefficient (Wildman–Crippen LogP) is 1.76. The van der Waals surface area contributed by atoms with Gasteiger partial charge < -0.3 is 15.0 Å². The van der Waals surface area contributed by atoms with E-state index in [2.05, 4.69) is 27.1 Å². The minimum atomic E-state index is 0.239. The number of piperidine rings is 1. The Kier molecular flexibility index (Phi) is 4.24. The highest BCUT2D eigenvalue weighted by Crippen LogP contribution is 2.25. The molecule has 0 atom stereocenters. The van der Waals surface area contributed by atoms with Crippen LogP contribution >= 0.6 is 0 Å². The molecule has 0 aliphatic carbocycles. The van der Waals surface area contributed by atoms with Crippen molar-refractivity contribution in [1.29, 1.82) is 0 Å². The SMILES string of the molecule is CCOc1cc(C)nc(N2CCC(C)(NC)CC2)n1. The summed E-state index contributed by atoms with van der Waals surface area (Å²) in [5.41, 5.74) is 1.19. The van der Waals surface area contributed by atoms with E-state index in [0.29, 0.717) is 12.5 Å². The van der Waals surface area contributed by atoms with Crippen LogP contribution in [0.15, 0.2) is 6.07 Å². The van der Waals surface area contributed by atoms with Crippen molar-refractivity contribution in [1.82, 2.24) is 15.3 Å². The summed E-state index contributed by atoms with van der Waals surface area (Å²) in [7, 11) is 2.03. The minimum absolute atomic E-state index is 0.239. The highest BCUT2D eigenvalue weighted by molar-refractivity contribution is 5.35. The molecule has 1 aromatic rings. The van der Waals surface area contributed by atoms with Crippen LogP contribution < -0.4 is 15.0 Å². The first kappa shape index (κ1) is 14.1. The Labute approximate surface area is 115 Å². The van der Waals surface area contributed by atoms with Crippen LogP contribution in [0.3, 0.4) is 0 Å². The summed E-state index contributed by atoms with van der Waals surface area (Å²) in [6.45, 7) is 8.81. The first-order valence-corrected chi connectivity index (χ1v) is 6.98. The molecule has 5 heteroatoms. The first-order valence-electron chi connectivity index (χ1n) is 6.98. The van der Waals surface area contributed by atoms with E-state index in [0.717, 1.165) is 37.6 Å². The maximum absolute atomic E-state index is 5.49. The monoisotopic (exact) mass is 264 g/mol. The molecule has 1 fully saturated rings. The van der Waals surface area contributed by atoms with Gasteiger partial charge in [0.1, 0.15) is 0 Å². The van der Waals surface area contributed by atoms with Crippen LogP contribution in [0.2, 0.25) is 0 Å². The highest BCUT2D eigenvalue weighted by Gasteiger charge is 2.29. The Bertz CT molecular complexity index is 427. The number of aromatic nitrogens is 2. The van der Waals surface area contributed by atoms with Crippen molar-refractivity contribution in [2.24, 2.45) is 0 Å². The third-order valence-corrected chi connectivity index (χ3v) is 3.86. The normalized spacial score (nSPS) is 18.4. The van der Waals surface area contributed by atoms with Crippen LogP contribution in [0, 0.1) is 6.92 Å². The van der Waals surface area contributed by atoms with Crippen LogP contribution in [0.4, 0.5) is 5.95 Å². The summed E-state index contributed by atoms with van der Waals surface area (Å²) >= 11 is 0. The van der Waals surface area contributed by atoms with Gasteiger partial charge in [-0.25, -0.2) is 4.98 Å². The largest absolute Gasteiger partial charge is 0.478 e. The van der Waals surface area contributed by atoms with Crippen molar-refractivity contribution in [2.45, 2.75) is 39.2 Å². The van der Waals surface area contributed by atoms with Crippen molar-refractivity contribution in [3.8, 4) is 5.88 Å². The van der Waals surface area contributed by atoms with E-state index in [4.69, 9.17) is 4.74 Å². The minimum Gasteiger partial charge on any atom is -0.478 e. The smallest absolute Gasteiger partial charge is 0.228 e. The molecule has 19 heavy (non-hydrogen) atoms. The topological polar surface area (TPSA) is 50.3 Å². The van der Waals surface area contributed by atoms with Gasteiger partial charge in [-0.3, -0.25) is 0 Å². The molecule has 1 saturated heterocycles. The van der Waals surface area contributed by atoms with Crippen molar-refractivity contribution >= 4 is 5.95 Å². The molecule has 0 spiro atoms. The number of nitrogens with one attached hydrogen (secondary N) is 1. The molecular weight excluding hydrogens is 240 g/mol. The molecule has 2 rings (SSSR count). The highest BCUT2D eigenvalue weighted by atomic mass is 16.5. The summed E-state index contributed by atoms with van der Waals surface area (Å²) in [5.74, 6) is 1.47. The summed E-state index contributed by atoms with van der Waals surface area (Å²) in [5, 5.41) is 3.40. The zero-order chi connectivity index (χ0) is 13.9. The summed E-state index contributed by atoms with van der Waals surface area (Å²) in [6.07, 6.45) is 2.20. The fraction of sp³-hybridized carbons (Fsp3) is 0.714. The number of rotatable bonds is 4. The van der Waals surface area contributed by atoms with E-state index in [-0.39, 0.29) is 5.54 Å². The molecule has 2 heterocycles. The predicted molar refractivity (Wildman–Crippen MR) is 76.8 cm³/mol. The average molecular weight is 264 g/mol. The molecule has 0 saturated carbocycles. The van der Waals surface area contributed by atoms with Gasteiger partial charge in [0.25, 0.3) is 0 Å². The number of aryl methyl sites for hydroxylation is 1. The fourth-order valence-electron chi connectivity index (χ4n) is 2.34. The summed E-state index contributed by atoms with van der Waals surface area (Å²) in [6, 6.07) is 1.88. The van der Waals surface area contributed by atoms with E-state index in [1.165, 1.54) is 0 Å². The summed E-state index contributed by atoms with van der Waals surface area (Å²) < 4.78 is 5.49. The Balaban J connectivity index is 2.10. The second-order valence-corrected chi connectivity index (χ2v) is 5.38. The lowest BCUT2D eigenvalue weighted by Gasteiger charge is -2.39. The zero-order valence-electron chi connectivity index (χ0n) is 12.4. The molecule has 1 aliphatic rings. The Morgan fingerprint density at radius 3 is 2.63 bits per heavy atom. The van der Waals surface area contributed by atoms with Gasteiger partial charge in [0.15, 0.2) is 0 Å². The third-order valence-electron chi connectivity index (χ3n) is 3.86. The van der Waals surface area contributed by atoms with Crippen LogP contribution in [-0.4, -0.2) is 42.3 Å². The second-order valence-electron chi connectivity index (χ2n) is 5.38. The quantitative estimate of drug-likeness (QED) is 0.898. The van der Waals surface area contributed by atoms with Crippen molar-refractivity contribution in [2.75, 3.05) is 31.6 Å². The van der Waals surface area contributed by atoms with Crippen LogP contribution in [0.5, 0.6) is 5.88 Å². The molecule has 1 aromatic heterocycles. The van der Waals surface area contributed by atoms with E-state index in [1.54, 1.807) is 0 Å². The van der Waals surface area contributed by atoms with Gasteiger partial charge in [0.05, 0.1) is 6.61 Å². The zero-order valence-corrected chi connectivity index (χ0v) is 12.4. The van der Waals surface area contributed by atoms with Gasteiger partial charge in [-0.15, -0.1) is 0 Å². The van der Waals surface area contributed by atoms with Gasteiger partial charge in [-0.2, -0.15) is 4.98 Å². The molecule has 0 unspecified atom stereocenters. The van der Waals surface area contributed by atoms with E-state index >= 15 is 0 Å². The Morgan fingerprint density at radius 1 is 1.37 bits per heavy atom. The molecule has 1 N–H and O–H groups in total. The van der Waals surface area contributed by atoms with Crippen molar-refractivity contribution in [3.05, 3.63) is 11.8 Å². The lowest BCUT2D eigenvalue weighted by molar-refractivity contribution is 0.301. The van der Waals surface area contributed by atoms with Crippen molar-refractivity contribution < 1.29 is 4.74 Å². The van der Waals surface area contributed by atoms with Gasteiger partial charge in [-0.1, -0.05) is 0 Å². The molecule has 0 amide bonds. The van der Waals surface area contributed by atoms with E-state index in [1.807, 2.05) is 27.0 Å². The fourth-order valence-corrected chi connectivity index (χ4v) is 2.34. The molecule has 1 aliphatic heterocycles. The summed E-state index contributed by atoms with van der Waals surface area (Å²) in [4.78, 5) is 11.3. The lowest BCUT2D eigenvalue weighted by Crippen LogP contribution is -2.50. The van der Waals surface area contributed by atoms with E-state index < -0.39 is 0 Å². The van der Waals surface area contributed by atoms with Gasteiger partial charge in [0, 0.05) is 30.4 Å². The maximum atomic E-state index is 5.49. The number of hydrogen-bond donors (Lipinski definition) is 1. The van der Waals surface area contributed by atoms with E-state index in [9.17, 15) is 0 Å². The Hall–Kier alpha value is -1.36. The number of ether oxygens (including phenoxy) is 1. The van der Waals surface area contributed by atoms with Gasteiger partial charge in [0.2, 0.25) is 11.8 Å². The molecule has 106 valence electrons. The molecule has 0 aromatic carbocycles. The average Bonchev–Trinajstić information content (AvgIpc) is 2.39. The molecular formula is C14H24N4O. The van der Waals surface area contributed by atoms with Crippen LogP contribution in [0.25, 0.3) is 0 Å². The first-order chi connectivity index (χ1) is 9.06. The van der Waals surface area contributed by atoms with Crippen LogP contribution in [0.1, 0.15) is 32.4 Å². The number of hydrogen-bond acceptors (Lipinski definition) is 5. The Morgan fingerprint density at radius 2 is 2.05 bits per heavy atom. The third kappa shape index (κ3) is 3.35. The second kappa shape index (κ2) is 5.74. The maximum Gasteiger partial charge on any atom is 0.228 e. The van der Waals surface area contributed by atoms with Gasteiger partial charge in [-0.05, 0) is 40.7 Å². The molecule has 0 radical (unpaired) electrons. The molecule has 5 nitrogen and oxygen atoms in total. The molecule has 0 bridgehead atoms. The number of anilines is 1. The van der Waals surface area contributed by atoms with Gasteiger partial charge >= 0.3 is 0 Å². The number of nitrogens with zero attached hydrogens (tertiary/aromatic N) is 3. The van der Waals surface area contributed by atoms with Crippen LogP contribution in [-0.2, 0) is 0 Å². The lowest BCUT2D eigenvalue weighted by atomic mass is 9.90. The van der Waals surface area contributed by atoms with Crippen molar-refractivity contribution in [3.63, 3.8) is 0 Å².